The van der Waals surface area contributed by atoms with Gasteiger partial charge in [-0.3, -0.25) is 0 Å². The number of carboxylic acids is 1. The van der Waals surface area contributed by atoms with Gasteiger partial charge < -0.3 is 10.0 Å². The predicted molar refractivity (Wildman–Crippen MR) is 70.9 cm³/mol. The Morgan fingerprint density at radius 3 is 3.00 bits per heavy atom. The van der Waals surface area contributed by atoms with Crippen LogP contribution >= 0.6 is 11.3 Å². The van der Waals surface area contributed by atoms with Gasteiger partial charge in [0, 0.05) is 17.1 Å². The highest BCUT2D eigenvalue weighted by molar-refractivity contribution is 7.15. The summed E-state index contributed by atoms with van der Waals surface area (Å²) >= 11 is 1.32. The molecule has 0 aliphatic carbocycles. The van der Waals surface area contributed by atoms with Crippen LogP contribution in [0, 0.1) is 12.7 Å². The molecule has 2 aromatic rings. The Kier molecular flexibility index (Phi) is 2.74. The number of carbonyl (C=O) groups is 1. The number of aromatic carboxylic acids is 1. The van der Waals surface area contributed by atoms with E-state index < -0.39 is 5.97 Å². The topological polar surface area (TPSA) is 53.4 Å². The Labute approximate surface area is 113 Å². The van der Waals surface area contributed by atoms with Crippen molar-refractivity contribution in [2.24, 2.45) is 0 Å². The number of rotatable bonds is 2. The number of nitrogens with zero attached hydrogens (tertiary/aromatic N) is 2. The highest BCUT2D eigenvalue weighted by Gasteiger charge is 2.25. The third kappa shape index (κ3) is 1.98. The number of benzene rings is 1. The maximum absolute atomic E-state index is 13.3. The fourth-order valence-corrected chi connectivity index (χ4v) is 3.19. The Morgan fingerprint density at radius 2 is 2.32 bits per heavy atom. The normalized spacial score (nSPS) is 13.7. The highest BCUT2D eigenvalue weighted by atomic mass is 32.1. The lowest BCUT2D eigenvalue weighted by Crippen LogP contribution is -2.13. The second kappa shape index (κ2) is 4.31. The molecule has 19 heavy (non-hydrogen) atoms. The van der Waals surface area contributed by atoms with Gasteiger partial charge in [0.15, 0.2) is 10.8 Å². The van der Waals surface area contributed by atoms with Gasteiger partial charge >= 0.3 is 5.97 Å². The van der Waals surface area contributed by atoms with Gasteiger partial charge in [-0.1, -0.05) is 6.07 Å². The Bertz CT molecular complexity index is 669. The van der Waals surface area contributed by atoms with Gasteiger partial charge in [-0.2, -0.15) is 0 Å². The molecule has 0 unspecified atom stereocenters. The van der Waals surface area contributed by atoms with Gasteiger partial charge in [0.05, 0.1) is 0 Å². The van der Waals surface area contributed by atoms with Crippen molar-refractivity contribution in [3.63, 3.8) is 0 Å². The number of aryl methyl sites for hydroxylation is 1. The summed E-state index contributed by atoms with van der Waals surface area (Å²) in [5.74, 6) is -1.32. The number of fused-ring (bicyclic) bond motifs is 1. The smallest absolute Gasteiger partial charge is 0.355 e. The first-order chi connectivity index (χ1) is 9.06. The highest BCUT2D eigenvalue weighted by Crippen LogP contribution is 2.37. The van der Waals surface area contributed by atoms with Crippen LogP contribution in [0.2, 0.25) is 0 Å². The van der Waals surface area contributed by atoms with Crippen molar-refractivity contribution >= 4 is 28.1 Å². The van der Waals surface area contributed by atoms with Crippen LogP contribution in [0.25, 0.3) is 0 Å². The summed E-state index contributed by atoms with van der Waals surface area (Å²) in [6.45, 7) is 2.43. The van der Waals surface area contributed by atoms with E-state index in [0.29, 0.717) is 16.6 Å². The van der Waals surface area contributed by atoms with Crippen molar-refractivity contribution in [3.8, 4) is 0 Å². The molecular formula is C13H11FN2O2S. The predicted octanol–water partition coefficient (Wildman–Crippen LogP) is 2.98. The third-order valence-corrected chi connectivity index (χ3v) is 4.16. The van der Waals surface area contributed by atoms with Crippen LogP contribution in [-0.4, -0.2) is 22.6 Å². The van der Waals surface area contributed by atoms with Crippen LogP contribution in [0.4, 0.5) is 15.2 Å². The third-order valence-electron chi connectivity index (χ3n) is 3.16. The molecule has 4 nitrogen and oxygen atoms in total. The van der Waals surface area contributed by atoms with E-state index in [1.54, 1.807) is 13.0 Å². The van der Waals surface area contributed by atoms with E-state index >= 15 is 0 Å². The molecule has 0 radical (unpaired) electrons. The molecule has 0 fully saturated rings. The van der Waals surface area contributed by atoms with Crippen molar-refractivity contribution in [3.05, 3.63) is 40.2 Å². The molecule has 1 aromatic heterocycles. The zero-order valence-electron chi connectivity index (χ0n) is 10.2. The second-order valence-electron chi connectivity index (χ2n) is 4.38. The van der Waals surface area contributed by atoms with E-state index in [4.69, 9.17) is 5.11 Å². The van der Waals surface area contributed by atoms with Crippen LogP contribution in [-0.2, 0) is 6.42 Å². The van der Waals surface area contributed by atoms with E-state index in [-0.39, 0.29) is 11.5 Å². The first-order valence-electron chi connectivity index (χ1n) is 5.83. The maximum Gasteiger partial charge on any atom is 0.355 e. The first-order valence-corrected chi connectivity index (χ1v) is 6.64. The lowest BCUT2D eigenvalue weighted by Gasteiger charge is -2.15. The molecule has 0 saturated carbocycles. The zero-order chi connectivity index (χ0) is 13.6. The lowest BCUT2D eigenvalue weighted by atomic mass is 10.2. The molecule has 0 atom stereocenters. The number of hydrogen-bond acceptors (Lipinski definition) is 4. The van der Waals surface area contributed by atoms with Gasteiger partial charge in [0.1, 0.15) is 5.82 Å². The van der Waals surface area contributed by atoms with Crippen LogP contribution in [0.15, 0.2) is 18.2 Å². The molecule has 0 amide bonds. The van der Waals surface area contributed by atoms with Gasteiger partial charge in [0.25, 0.3) is 0 Å². The number of thiazole rings is 1. The minimum atomic E-state index is -1.03. The summed E-state index contributed by atoms with van der Waals surface area (Å²) in [5.41, 5.74) is 1.92. The largest absolute Gasteiger partial charge is 0.476 e. The minimum absolute atomic E-state index is 0.0739. The van der Waals surface area contributed by atoms with E-state index in [0.717, 1.165) is 17.7 Å². The summed E-state index contributed by atoms with van der Waals surface area (Å²) in [5, 5.41) is 9.64. The molecule has 1 aromatic carbocycles. The maximum atomic E-state index is 13.3. The summed E-state index contributed by atoms with van der Waals surface area (Å²) in [7, 11) is 0. The molecule has 0 bridgehead atoms. The molecule has 98 valence electrons. The molecule has 1 aliphatic heterocycles. The molecule has 1 aliphatic rings. The minimum Gasteiger partial charge on any atom is -0.476 e. The van der Waals surface area contributed by atoms with Crippen molar-refractivity contribution in [1.29, 1.82) is 0 Å². The van der Waals surface area contributed by atoms with Gasteiger partial charge in [0.2, 0.25) is 0 Å². The molecule has 0 spiro atoms. The monoisotopic (exact) mass is 278 g/mol. The Morgan fingerprint density at radius 1 is 1.53 bits per heavy atom. The van der Waals surface area contributed by atoms with Gasteiger partial charge in [-0.05, 0) is 31.0 Å². The summed E-state index contributed by atoms with van der Waals surface area (Å²) < 4.78 is 13.3. The quantitative estimate of drug-likeness (QED) is 0.917. The number of anilines is 2. The van der Waals surface area contributed by atoms with Crippen LogP contribution in [0.3, 0.4) is 0 Å². The standard InChI is InChI=1S/C13H11FN2O2S/c1-7-11(12(17)18)15-13(19-7)16-5-4-8-2-3-9(14)6-10(8)16/h2-3,6H,4-5H2,1H3,(H,17,18). The average molecular weight is 278 g/mol. The van der Waals surface area contributed by atoms with Crippen molar-refractivity contribution in [2.45, 2.75) is 13.3 Å². The summed E-state index contributed by atoms with van der Waals surface area (Å²) in [6.07, 6.45) is 0.816. The van der Waals surface area contributed by atoms with Crippen molar-refractivity contribution < 1.29 is 14.3 Å². The van der Waals surface area contributed by atoms with Crippen LogP contribution < -0.4 is 4.90 Å². The Hall–Kier alpha value is -1.95. The Balaban J connectivity index is 2.04. The molecule has 6 heteroatoms. The van der Waals surface area contributed by atoms with E-state index in [1.807, 2.05) is 4.90 Å². The van der Waals surface area contributed by atoms with Gasteiger partial charge in [-0.25, -0.2) is 14.2 Å². The second-order valence-corrected chi connectivity index (χ2v) is 5.56. The molecule has 1 N–H and O–H groups in total. The zero-order valence-corrected chi connectivity index (χ0v) is 11.0. The van der Waals surface area contributed by atoms with Crippen molar-refractivity contribution in [1.82, 2.24) is 4.98 Å². The van der Waals surface area contributed by atoms with Crippen LogP contribution in [0.5, 0.6) is 0 Å². The van der Waals surface area contributed by atoms with E-state index in [2.05, 4.69) is 4.98 Å². The molecule has 2 heterocycles. The SMILES string of the molecule is Cc1sc(N2CCc3ccc(F)cc32)nc1C(=O)O. The fraction of sp³-hybridized carbons (Fsp3) is 0.231. The summed E-state index contributed by atoms with van der Waals surface area (Å²) in [4.78, 5) is 17.7. The summed E-state index contributed by atoms with van der Waals surface area (Å²) in [6, 6.07) is 4.68. The number of halogens is 1. The molecular weight excluding hydrogens is 267 g/mol. The first kappa shape index (κ1) is 12.1. The van der Waals surface area contributed by atoms with Crippen LogP contribution in [0.1, 0.15) is 20.9 Å². The lowest BCUT2D eigenvalue weighted by molar-refractivity contribution is 0.0690. The number of carboxylic acid groups (broad SMARTS) is 1. The number of aromatic nitrogens is 1. The van der Waals surface area contributed by atoms with E-state index in [1.165, 1.54) is 23.5 Å². The average Bonchev–Trinajstić information content (AvgIpc) is 2.91. The van der Waals surface area contributed by atoms with E-state index in [9.17, 15) is 9.18 Å². The molecule has 0 saturated heterocycles. The number of hydrogen-bond donors (Lipinski definition) is 1. The van der Waals surface area contributed by atoms with Crippen molar-refractivity contribution in [2.75, 3.05) is 11.4 Å². The van der Waals surface area contributed by atoms with Gasteiger partial charge in [-0.15, -0.1) is 11.3 Å². The fourth-order valence-electron chi connectivity index (χ4n) is 2.25. The molecule has 3 rings (SSSR count).